The van der Waals surface area contributed by atoms with Crippen molar-refractivity contribution < 1.29 is 14.0 Å². The van der Waals surface area contributed by atoms with Gasteiger partial charge >= 0.3 is 0 Å². The third-order valence-electron chi connectivity index (χ3n) is 4.92. The van der Waals surface area contributed by atoms with Crippen molar-refractivity contribution in [2.75, 3.05) is 0 Å². The average molecular weight is 429 g/mol. The van der Waals surface area contributed by atoms with E-state index in [9.17, 15) is 9.59 Å². The van der Waals surface area contributed by atoms with E-state index < -0.39 is 11.9 Å². The molecular formula is C24H23N5O3. The number of hydrogen-bond donors (Lipinski definition) is 2. The molecule has 4 rings (SSSR count). The Morgan fingerprint density at radius 2 is 1.78 bits per heavy atom. The summed E-state index contributed by atoms with van der Waals surface area (Å²) in [5.74, 6) is -0.534. The fourth-order valence-corrected chi connectivity index (χ4v) is 3.35. The van der Waals surface area contributed by atoms with Crippen LogP contribution in [-0.2, 0) is 24.3 Å². The Hall–Kier alpha value is -4.20. The SMILES string of the molecule is O=C(NC(Cc1ccccc1)C(=O)NCc1cccc(Cn2cncn2)c1)c1ccco1. The lowest BCUT2D eigenvalue weighted by Crippen LogP contribution is -2.47. The van der Waals surface area contributed by atoms with Crippen LogP contribution < -0.4 is 10.6 Å². The first-order valence-corrected chi connectivity index (χ1v) is 10.2. The van der Waals surface area contributed by atoms with Crippen LogP contribution >= 0.6 is 0 Å². The van der Waals surface area contributed by atoms with Gasteiger partial charge in [-0.15, -0.1) is 0 Å². The van der Waals surface area contributed by atoms with Crippen molar-refractivity contribution in [1.29, 1.82) is 0 Å². The van der Waals surface area contributed by atoms with Gasteiger partial charge in [-0.25, -0.2) is 9.67 Å². The Balaban J connectivity index is 1.41. The Morgan fingerprint density at radius 3 is 2.53 bits per heavy atom. The Kier molecular flexibility index (Phi) is 6.72. The lowest BCUT2D eigenvalue weighted by Gasteiger charge is -2.18. The molecule has 0 bridgehead atoms. The van der Waals surface area contributed by atoms with Crippen LogP contribution in [0, 0.1) is 0 Å². The number of nitrogens with zero attached hydrogens (tertiary/aromatic N) is 3. The second kappa shape index (κ2) is 10.2. The molecule has 162 valence electrons. The van der Waals surface area contributed by atoms with E-state index in [-0.39, 0.29) is 11.7 Å². The summed E-state index contributed by atoms with van der Waals surface area (Å²) in [7, 11) is 0. The fourth-order valence-electron chi connectivity index (χ4n) is 3.35. The van der Waals surface area contributed by atoms with E-state index in [0.717, 1.165) is 16.7 Å². The molecule has 0 aliphatic rings. The van der Waals surface area contributed by atoms with Crippen molar-refractivity contribution in [3.8, 4) is 0 Å². The maximum absolute atomic E-state index is 13.0. The van der Waals surface area contributed by atoms with Crippen LogP contribution in [0.2, 0.25) is 0 Å². The van der Waals surface area contributed by atoms with Crippen molar-refractivity contribution in [3.63, 3.8) is 0 Å². The largest absolute Gasteiger partial charge is 0.459 e. The molecular weight excluding hydrogens is 406 g/mol. The summed E-state index contributed by atoms with van der Waals surface area (Å²) in [5.41, 5.74) is 2.95. The zero-order chi connectivity index (χ0) is 22.2. The first-order valence-electron chi connectivity index (χ1n) is 10.2. The van der Waals surface area contributed by atoms with Crippen molar-refractivity contribution >= 4 is 11.8 Å². The van der Waals surface area contributed by atoms with Crippen LogP contribution in [-0.4, -0.2) is 32.6 Å². The third-order valence-corrected chi connectivity index (χ3v) is 4.92. The molecule has 4 aromatic rings. The molecule has 2 N–H and O–H groups in total. The molecule has 0 spiro atoms. The first-order chi connectivity index (χ1) is 15.7. The van der Waals surface area contributed by atoms with Gasteiger partial charge in [-0.2, -0.15) is 5.10 Å². The molecule has 1 unspecified atom stereocenters. The van der Waals surface area contributed by atoms with E-state index in [0.29, 0.717) is 19.5 Å². The summed E-state index contributed by atoms with van der Waals surface area (Å²) in [6, 6.07) is 19.9. The molecule has 0 saturated heterocycles. The smallest absolute Gasteiger partial charge is 0.287 e. The van der Waals surface area contributed by atoms with Gasteiger partial charge in [0.2, 0.25) is 5.91 Å². The van der Waals surface area contributed by atoms with Crippen molar-refractivity contribution in [3.05, 3.63) is 108 Å². The minimum atomic E-state index is -0.742. The standard InChI is InChI=1S/C24H23N5O3/c30-23(26-14-19-8-4-9-20(12-19)15-29-17-25-16-27-29)21(13-18-6-2-1-3-7-18)28-24(31)22-10-5-11-32-22/h1-12,16-17,21H,13-15H2,(H,26,30)(H,28,31). The highest BCUT2D eigenvalue weighted by molar-refractivity contribution is 5.95. The number of carbonyl (C=O) groups excluding carboxylic acids is 2. The minimum absolute atomic E-state index is 0.164. The van der Waals surface area contributed by atoms with E-state index in [4.69, 9.17) is 4.42 Å². The van der Waals surface area contributed by atoms with Crippen LogP contribution in [0.25, 0.3) is 0 Å². The quantitative estimate of drug-likeness (QED) is 0.426. The van der Waals surface area contributed by atoms with E-state index in [1.165, 1.54) is 12.6 Å². The normalized spacial score (nSPS) is 11.6. The number of carbonyl (C=O) groups is 2. The van der Waals surface area contributed by atoms with Gasteiger partial charge in [0.1, 0.15) is 18.7 Å². The molecule has 2 aromatic carbocycles. The number of rotatable bonds is 9. The maximum atomic E-state index is 13.0. The second-order valence-electron chi connectivity index (χ2n) is 7.32. The van der Waals surface area contributed by atoms with Gasteiger partial charge < -0.3 is 15.1 Å². The zero-order valence-corrected chi connectivity index (χ0v) is 17.3. The summed E-state index contributed by atoms with van der Waals surface area (Å²) in [4.78, 5) is 29.4. The lowest BCUT2D eigenvalue weighted by atomic mass is 10.0. The van der Waals surface area contributed by atoms with E-state index in [1.54, 1.807) is 23.1 Å². The van der Waals surface area contributed by atoms with Crippen LogP contribution in [0.15, 0.2) is 90.1 Å². The van der Waals surface area contributed by atoms with Crippen LogP contribution in [0.3, 0.4) is 0 Å². The minimum Gasteiger partial charge on any atom is -0.459 e. The number of aromatic nitrogens is 3. The molecule has 2 amide bonds. The number of hydrogen-bond acceptors (Lipinski definition) is 5. The second-order valence-corrected chi connectivity index (χ2v) is 7.32. The molecule has 0 aliphatic heterocycles. The highest BCUT2D eigenvalue weighted by atomic mass is 16.3. The van der Waals surface area contributed by atoms with Gasteiger partial charge in [-0.1, -0.05) is 54.6 Å². The number of amides is 2. The van der Waals surface area contributed by atoms with Crippen LogP contribution in [0.5, 0.6) is 0 Å². The van der Waals surface area contributed by atoms with E-state index in [1.807, 2.05) is 54.6 Å². The van der Waals surface area contributed by atoms with Gasteiger partial charge in [0.05, 0.1) is 12.8 Å². The molecule has 32 heavy (non-hydrogen) atoms. The summed E-state index contributed by atoms with van der Waals surface area (Å²) in [6.07, 6.45) is 4.94. The van der Waals surface area contributed by atoms with Gasteiger partial charge in [-0.3, -0.25) is 9.59 Å². The van der Waals surface area contributed by atoms with Gasteiger partial charge in [0, 0.05) is 13.0 Å². The molecule has 2 aromatic heterocycles. The highest BCUT2D eigenvalue weighted by Gasteiger charge is 2.23. The summed E-state index contributed by atoms with van der Waals surface area (Å²) >= 11 is 0. The molecule has 0 radical (unpaired) electrons. The van der Waals surface area contributed by atoms with Crippen LogP contribution in [0.1, 0.15) is 27.2 Å². The molecule has 8 heteroatoms. The topological polar surface area (TPSA) is 102 Å². The number of benzene rings is 2. The molecule has 1 atom stereocenters. The van der Waals surface area contributed by atoms with Crippen molar-refractivity contribution in [2.45, 2.75) is 25.6 Å². The molecule has 0 saturated carbocycles. The highest BCUT2D eigenvalue weighted by Crippen LogP contribution is 2.09. The molecule has 8 nitrogen and oxygen atoms in total. The van der Waals surface area contributed by atoms with Gasteiger partial charge in [0.25, 0.3) is 5.91 Å². The summed E-state index contributed by atoms with van der Waals surface area (Å²) < 4.78 is 6.89. The predicted molar refractivity (Wildman–Crippen MR) is 118 cm³/mol. The monoisotopic (exact) mass is 429 g/mol. The average Bonchev–Trinajstić information content (AvgIpc) is 3.53. The third kappa shape index (κ3) is 5.69. The van der Waals surface area contributed by atoms with Crippen molar-refractivity contribution in [2.24, 2.45) is 0 Å². The molecule has 0 aliphatic carbocycles. The molecule has 0 fully saturated rings. The fraction of sp³-hybridized carbons (Fsp3) is 0.167. The van der Waals surface area contributed by atoms with Gasteiger partial charge in [0.15, 0.2) is 5.76 Å². The Morgan fingerprint density at radius 1 is 0.969 bits per heavy atom. The lowest BCUT2D eigenvalue weighted by molar-refractivity contribution is -0.123. The molecule has 2 heterocycles. The summed E-state index contributed by atoms with van der Waals surface area (Å²) in [5, 5.41) is 9.83. The first kappa shape index (κ1) is 21.0. The van der Waals surface area contributed by atoms with E-state index in [2.05, 4.69) is 20.7 Å². The van der Waals surface area contributed by atoms with Gasteiger partial charge in [-0.05, 0) is 28.8 Å². The summed E-state index contributed by atoms with van der Waals surface area (Å²) in [6.45, 7) is 0.934. The Bertz CT molecular complexity index is 1140. The number of furan rings is 1. The Labute approximate surface area is 185 Å². The van der Waals surface area contributed by atoms with Crippen molar-refractivity contribution in [1.82, 2.24) is 25.4 Å². The van der Waals surface area contributed by atoms with Crippen LogP contribution in [0.4, 0.5) is 0 Å². The zero-order valence-electron chi connectivity index (χ0n) is 17.3. The maximum Gasteiger partial charge on any atom is 0.287 e. The number of nitrogens with one attached hydrogen (secondary N) is 2. The van der Waals surface area contributed by atoms with E-state index >= 15 is 0 Å². The predicted octanol–water partition coefficient (Wildman–Crippen LogP) is 2.58.